The van der Waals surface area contributed by atoms with E-state index in [4.69, 9.17) is 5.11 Å². The molecule has 2 N–H and O–H groups in total. The van der Waals surface area contributed by atoms with Gasteiger partial charge in [-0.1, -0.05) is 29.8 Å². The van der Waals surface area contributed by atoms with Gasteiger partial charge in [0.15, 0.2) is 5.78 Å². The smallest absolute Gasteiger partial charge is 0.372 e. The van der Waals surface area contributed by atoms with Gasteiger partial charge in [-0.05, 0) is 12.5 Å². The maximum absolute atomic E-state index is 11.9. The third-order valence-corrected chi connectivity index (χ3v) is 3.07. The summed E-state index contributed by atoms with van der Waals surface area (Å²) in [6.45, 7) is 1.98. The molecule has 108 valence electrons. The van der Waals surface area contributed by atoms with Gasteiger partial charge in [-0.2, -0.15) is 5.10 Å². The van der Waals surface area contributed by atoms with E-state index in [1.807, 2.05) is 31.2 Å². The van der Waals surface area contributed by atoms with Crippen molar-refractivity contribution in [3.8, 4) is 0 Å². The van der Waals surface area contributed by atoms with Gasteiger partial charge >= 0.3 is 5.97 Å². The minimum absolute atomic E-state index is 0.185. The standard InChI is InChI=1S/C15H14N2O4/c1-9-2-4-10(5-3-9)6-11-8-16-17-14(11)12(18)7-13(19)15(20)21/h2-5,8H,6-7H2,1H3,(H,16,17)(H,20,21). The molecule has 6 nitrogen and oxygen atoms in total. The number of carbonyl (C=O) groups excluding carboxylic acids is 2. The topological polar surface area (TPSA) is 100 Å². The molecule has 0 amide bonds. The van der Waals surface area contributed by atoms with E-state index >= 15 is 0 Å². The second-order valence-electron chi connectivity index (χ2n) is 4.76. The lowest BCUT2D eigenvalue weighted by atomic mass is 10.0. The number of hydrogen-bond acceptors (Lipinski definition) is 4. The van der Waals surface area contributed by atoms with Gasteiger partial charge in [-0.3, -0.25) is 14.7 Å². The highest BCUT2D eigenvalue weighted by Crippen LogP contribution is 2.14. The zero-order valence-electron chi connectivity index (χ0n) is 11.4. The molecule has 0 unspecified atom stereocenters. The molecule has 0 radical (unpaired) electrons. The van der Waals surface area contributed by atoms with Crippen LogP contribution in [0.4, 0.5) is 0 Å². The van der Waals surface area contributed by atoms with E-state index in [1.165, 1.54) is 6.20 Å². The summed E-state index contributed by atoms with van der Waals surface area (Å²) >= 11 is 0. The summed E-state index contributed by atoms with van der Waals surface area (Å²) in [5.41, 5.74) is 2.96. The van der Waals surface area contributed by atoms with Crippen LogP contribution in [0.5, 0.6) is 0 Å². The van der Waals surface area contributed by atoms with Gasteiger partial charge in [-0.25, -0.2) is 4.79 Å². The summed E-state index contributed by atoms with van der Waals surface area (Å²) in [5.74, 6) is -3.30. The zero-order valence-corrected chi connectivity index (χ0v) is 11.4. The van der Waals surface area contributed by atoms with Gasteiger partial charge in [-0.15, -0.1) is 0 Å². The van der Waals surface area contributed by atoms with Crippen molar-refractivity contribution in [2.45, 2.75) is 19.8 Å². The van der Waals surface area contributed by atoms with Gasteiger partial charge in [0.05, 0.1) is 12.6 Å². The molecule has 6 heteroatoms. The number of aromatic nitrogens is 2. The number of nitrogens with one attached hydrogen (secondary N) is 1. The van der Waals surface area contributed by atoms with Crippen molar-refractivity contribution in [2.24, 2.45) is 0 Å². The van der Waals surface area contributed by atoms with Crippen LogP contribution in [0.25, 0.3) is 0 Å². The second kappa shape index (κ2) is 6.13. The fraction of sp³-hybridized carbons (Fsp3) is 0.200. The lowest BCUT2D eigenvalue weighted by molar-refractivity contribution is -0.148. The Hall–Kier alpha value is -2.76. The number of benzene rings is 1. The summed E-state index contributed by atoms with van der Waals surface area (Å²) in [7, 11) is 0. The molecule has 0 atom stereocenters. The van der Waals surface area contributed by atoms with Crippen LogP contribution in [0.15, 0.2) is 30.5 Å². The summed E-state index contributed by atoms with van der Waals surface area (Å²) in [4.78, 5) is 33.5. The van der Waals surface area contributed by atoms with Crippen LogP contribution in [0.2, 0.25) is 0 Å². The van der Waals surface area contributed by atoms with Gasteiger partial charge < -0.3 is 5.11 Å². The fourth-order valence-electron chi connectivity index (χ4n) is 1.92. The Morgan fingerprint density at radius 3 is 2.48 bits per heavy atom. The Balaban J connectivity index is 2.14. The van der Waals surface area contributed by atoms with Crippen molar-refractivity contribution in [3.63, 3.8) is 0 Å². The van der Waals surface area contributed by atoms with E-state index in [1.54, 1.807) is 0 Å². The number of hydrogen-bond donors (Lipinski definition) is 2. The van der Waals surface area contributed by atoms with E-state index in [0.29, 0.717) is 12.0 Å². The molecule has 0 aliphatic rings. The van der Waals surface area contributed by atoms with E-state index in [-0.39, 0.29) is 5.69 Å². The monoisotopic (exact) mass is 286 g/mol. The Morgan fingerprint density at radius 1 is 1.19 bits per heavy atom. The SMILES string of the molecule is Cc1ccc(Cc2cn[nH]c2C(=O)CC(=O)C(=O)O)cc1. The number of aromatic amines is 1. The largest absolute Gasteiger partial charge is 0.475 e. The number of Topliss-reactive ketones (excluding diaryl/α,β-unsaturated/α-hetero) is 2. The average Bonchev–Trinajstić information content (AvgIpc) is 2.89. The molecular weight excluding hydrogens is 272 g/mol. The molecule has 1 aromatic carbocycles. The number of ketones is 2. The quantitative estimate of drug-likeness (QED) is 0.476. The van der Waals surface area contributed by atoms with Crippen LogP contribution in [-0.4, -0.2) is 32.8 Å². The number of aliphatic carboxylic acids is 1. The number of aryl methyl sites for hydroxylation is 1. The van der Waals surface area contributed by atoms with Crippen molar-refractivity contribution < 1.29 is 19.5 Å². The number of H-pyrrole nitrogens is 1. The molecule has 0 bridgehead atoms. The average molecular weight is 286 g/mol. The first-order valence-electron chi connectivity index (χ1n) is 6.34. The van der Waals surface area contributed by atoms with Gasteiger partial charge in [0.25, 0.3) is 0 Å². The summed E-state index contributed by atoms with van der Waals surface area (Å²) in [6, 6.07) is 7.81. The Labute approximate surface area is 120 Å². The van der Waals surface area contributed by atoms with E-state index in [9.17, 15) is 14.4 Å². The van der Waals surface area contributed by atoms with Crippen LogP contribution in [0.3, 0.4) is 0 Å². The third-order valence-electron chi connectivity index (χ3n) is 3.07. The maximum Gasteiger partial charge on any atom is 0.372 e. The number of carboxylic acids is 1. The maximum atomic E-state index is 11.9. The molecule has 0 saturated carbocycles. The summed E-state index contributed by atoms with van der Waals surface area (Å²) < 4.78 is 0. The summed E-state index contributed by atoms with van der Waals surface area (Å²) in [6.07, 6.45) is 1.33. The van der Waals surface area contributed by atoms with Crippen LogP contribution in [0, 0.1) is 6.92 Å². The zero-order chi connectivity index (χ0) is 15.4. The number of rotatable bonds is 6. The Kier molecular flexibility index (Phi) is 4.27. The molecular formula is C15H14N2O4. The number of nitrogens with zero attached hydrogens (tertiary/aromatic N) is 1. The van der Waals surface area contributed by atoms with E-state index in [2.05, 4.69) is 10.2 Å². The Bertz CT molecular complexity index is 686. The minimum atomic E-state index is -1.61. The van der Waals surface area contributed by atoms with Gasteiger partial charge in [0.1, 0.15) is 5.69 Å². The number of carboxylic acid groups (broad SMARTS) is 1. The molecule has 21 heavy (non-hydrogen) atoms. The first kappa shape index (κ1) is 14.6. The molecule has 1 heterocycles. The molecule has 0 saturated heterocycles. The number of carbonyl (C=O) groups is 3. The molecule has 0 aliphatic carbocycles. The highest BCUT2D eigenvalue weighted by Gasteiger charge is 2.21. The fourth-order valence-corrected chi connectivity index (χ4v) is 1.92. The molecule has 2 aromatic rings. The first-order chi connectivity index (χ1) is 9.97. The van der Waals surface area contributed by atoms with Crippen molar-refractivity contribution in [3.05, 3.63) is 52.8 Å². The van der Waals surface area contributed by atoms with Crippen LogP contribution < -0.4 is 0 Å². The van der Waals surface area contributed by atoms with Gasteiger partial charge in [0, 0.05) is 12.0 Å². The van der Waals surface area contributed by atoms with Crippen LogP contribution >= 0.6 is 0 Å². The van der Waals surface area contributed by atoms with E-state index in [0.717, 1.165) is 11.1 Å². The second-order valence-corrected chi connectivity index (χ2v) is 4.76. The minimum Gasteiger partial charge on any atom is -0.475 e. The predicted molar refractivity (Wildman–Crippen MR) is 74.2 cm³/mol. The summed E-state index contributed by atoms with van der Waals surface area (Å²) in [5, 5.41) is 14.9. The Morgan fingerprint density at radius 2 is 1.86 bits per heavy atom. The molecule has 0 spiro atoms. The van der Waals surface area contributed by atoms with E-state index < -0.39 is 24.0 Å². The molecule has 1 aromatic heterocycles. The third kappa shape index (κ3) is 3.62. The first-order valence-corrected chi connectivity index (χ1v) is 6.34. The van der Waals surface area contributed by atoms with Crippen LogP contribution in [0.1, 0.15) is 33.6 Å². The van der Waals surface area contributed by atoms with Gasteiger partial charge in [0.2, 0.25) is 5.78 Å². The van der Waals surface area contributed by atoms with Crippen molar-refractivity contribution in [1.82, 2.24) is 10.2 Å². The molecule has 2 rings (SSSR count). The predicted octanol–water partition coefficient (Wildman–Crippen LogP) is 1.54. The highest BCUT2D eigenvalue weighted by atomic mass is 16.4. The van der Waals surface area contributed by atoms with Crippen LogP contribution in [-0.2, 0) is 16.0 Å². The highest BCUT2D eigenvalue weighted by molar-refractivity contribution is 6.37. The van der Waals surface area contributed by atoms with Crippen molar-refractivity contribution in [1.29, 1.82) is 0 Å². The molecule has 0 fully saturated rings. The van der Waals surface area contributed by atoms with Crippen molar-refractivity contribution in [2.75, 3.05) is 0 Å². The van der Waals surface area contributed by atoms with Crippen molar-refractivity contribution >= 4 is 17.5 Å². The normalized spacial score (nSPS) is 10.3. The molecule has 0 aliphatic heterocycles. The lowest BCUT2D eigenvalue weighted by Gasteiger charge is -2.03. The lowest BCUT2D eigenvalue weighted by Crippen LogP contribution is -2.18.